The van der Waals surface area contributed by atoms with Crippen LogP contribution >= 0.6 is 0 Å². The van der Waals surface area contributed by atoms with E-state index in [2.05, 4.69) is 20.8 Å². The molecule has 0 spiro atoms. The lowest BCUT2D eigenvalue weighted by molar-refractivity contribution is -0.175. The Morgan fingerprint density at radius 3 is 2.38 bits per heavy atom. The Morgan fingerprint density at radius 2 is 1.69 bits per heavy atom. The standard InChI is InChI=1S/C30H52N2O6S/c1-20(4-9-28(35)32-14-12-31(13-15-32)16-17-39(36,37)38)24-7-8-25-23-6-5-21-18-22(33)10-11-29(21,2)26(23)19-27(34)30(24,25)3/h20-27,33-34H,4-19H2,1-3H3,(H,36,37,38)/t20-,21-,22-,23+,24-,25+,26+,27+,29+,30-/m1/s1. The van der Waals surface area contributed by atoms with Crippen molar-refractivity contribution in [1.82, 2.24) is 9.80 Å². The van der Waals surface area contributed by atoms with Crippen molar-refractivity contribution in [3.05, 3.63) is 0 Å². The van der Waals surface area contributed by atoms with Gasteiger partial charge in [0.2, 0.25) is 5.91 Å². The van der Waals surface area contributed by atoms with Gasteiger partial charge in [-0.3, -0.25) is 14.2 Å². The lowest BCUT2D eigenvalue weighted by Crippen LogP contribution is -2.58. The van der Waals surface area contributed by atoms with Gasteiger partial charge >= 0.3 is 0 Å². The summed E-state index contributed by atoms with van der Waals surface area (Å²) in [5.74, 6) is 3.09. The lowest BCUT2D eigenvalue weighted by Gasteiger charge is -2.62. The molecule has 0 unspecified atom stereocenters. The molecular weight excluding hydrogens is 516 g/mol. The molecule has 0 radical (unpaired) electrons. The van der Waals surface area contributed by atoms with E-state index in [1.54, 1.807) is 0 Å². The minimum absolute atomic E-state index is 0.0837. The average molecular weight is 569 g/mol. The summed E-state index contributed by atoms with van der Waals surface area (Å²) in [4.78, 5) is 16.9. The molecular formula is C30H52N2O6S. The van der Waals surface area contributed by atoms with Gasteiger partial charge in [-0.25, -0.2) is 0 Å². The van der Waals surface area contributed by atoms with E-state index >= 15 is 0 Å². The molecule has 5 fully saturated rings. The van der Waals surface area contributed by atoms with E-state index in [1.807, 2.05) is 9.80 Å². The van der Waals surface area contributed by atoms with E-state index in [4.69, 9.17) is 4.55 Å². The summed E-state index contributed by atoms with van der Waals surface area (Å²) >= 11 is 0. The Hall–Kier alpha value is -0.740. The van der Waals surface area contributed by atoms with Crippen LogP contribution in [0.15, 0.2) is 0 Å². The van der Waals surface area contributed by atoms with Crippen molar-refractivity contribution in [3.8, 4) is 0 Å². The predicted octanol–water partition coefficient (Wildman–Crippen LogP) is 3.43. The van der Waals surface area contributed by atoms with E-state index in [-0.39, 0.29) is 34.7 Å². The molecule has 4 saturated carbocycles. The minimum Gasteiger partial charge on any atom is -0.393 e. The number of hydrogen-bond acceptors (Lipinski definition) is 6. The number of aliphatic hydroxyl groups is 2. The fraction of sp³-hybridized carbons (Fsp3) is 0.967. The van der Waals surface area contributed by atoms with Crippen LogP contribution in [0.25, 0.3) is 0 Å². The number of piperazine rings is 1. The van der Waals surface area contributed by atoms with Crippen LogP contribution in [0.1, 0.15) is 85.0 Å². The monoisotopic (exact) mass is 568 g/mol. The molecule has 1 heterocycles. The third-order valence-electron chi connectivity index (χ3n) is 12.7. The fourth-order valence-corrected chi connectivity index (χ4v) is 10.8. The van der Waals surface area contributed by atoms with Crippen LogP contribution < -0.4 is 0 Å². The topological polar surface area (TPSA) is 118 Å². The molecule has 5 rings (SSSR count). The van der Waals surface area contributed by atoms with Crippen molar-refractivity contribution in [1.29, 1.82) is 0 Å². The fourth-order valence-electron chi connectivity index (χ4n) is 10.3. The summed E-state index contributed by atoms with van der Waals surface area (Å²) in [6.07, 6.45) is 9.52. The van der Waals surface area contributed by atoms with Crippen LogP contribution in [0, 0.1) is 46.3 Å². The molecule has 39 heavy (non-hydrogen) atoms. The van der Waals surface area contributed by atoms with Crippen molar-refractivity contribution in [2.24, 2.45) is 46.3 Å². The number of amides is 1. The molecule has 0 aromatic rings. The first-order valence-corrected chi connectivity index (χ1v) is 17.2. The van der Waals surface area contributed by atoms with Crippen LogP contribution in [0.3, 0.4) is 0 Å². The smallest absolute Gasteiger partial charge is 0.266 e. The largest absolute Gasteiger partial charge is 0.393 e. The highest BCUT2D eigenvalue weighted by atomic mass is 32.2. The maximum atomic E-state index is 13.1. The van der Waals surface area contributed by atoms with Gasteiger partial charge in [0.25, 0.3) is 10.1 Å². The normalized spacial score (nSPS) is 43.8. The number of carbonyl (C=O) groups is 1. The zero-order valence-electron chi connectivity index (χ0n) is 24.3. The first kappa shape index (κ1) is 29.7. The van der Waals surface area contributed by atoms with E-state index in [1.165, 1.54) is 19.3 Å². The van der Waals surface area contributed by atoms with Crippen LogP contribution in [-0.4, -0.2) is 89.6 Å². The molecule has 1 amide bonds. The van der Waals surface area contributed by atoms with E-state index in [9.17, 15) is 23.4 Å². The van der Waals surface area contributed by atoms with Crippen LogP contribution in [0.2, 0.25) is 0 Å². The summed E-state index contributed by atoms with van der Waals surface area (Å²) in [5.41, 5.74) is 0.163. The zero-order valence-corrected chi connectivity index (χ0v) is 25.1. The van der Waals surface area contributed by atoms with Gasteiger partial charge in [0.15, 0.2) is 0 Å². The second kappa shape index (κ2) is 11.2. The first-order chi connectivity index (χ1) is 18.3. The van der Waals surface area contributed by atoms with Gasteiger partial charge in [-0.05, 0) is 104 Å². The molecule has 0 aromatic heterocycles. The van der Waals surface area contributed by atoms with Gasteiger partial charge in [0.1, 0.15) is 0 Å². The summed E-state index contributed by atoms with van der Waals surface area (Å²) < 4.78 is 31.0. The predicted molar refractivity (Wildman–Crippen MR) is 150 cm³/mol. The van der Waals surface area contributed by atoms with Crippen molar-refractivity contribution in [2.75, 3.05) is 38.5 Å². The number of aliphatic hydroxyl groups excluding tert-OH is 2. The highest BCUT2D eigenvalue weighted by Crippen LogP contribution is 2.68. The van der Waals surface area contributed by atoms with Crippen molar-refractivity contribution >= 4 is 16.0 Å². The van der Waals surface area contributed by atoms with E-state index in [0.717, 1.165) is 38.5 Å². The Morgan fingerprint density at radius 1 is 0.974 bits per heavy atom. The summed E-state index contributed by atoms with van der Waals surface area (Å²) in [6.45, 7) is 9.87. The highest BCUT2D eigenvalue weighted by Gasteiger charge is 2.63. The lowest BCUT2D eigenvalue weighted by atomic mass is 9.43. The zero-order chi connectivity index (χ0) is 28.2. The average Bonchev–Trinajstić information content (AvgIpc) is 3.25. The van der Waals surface area contributed by atoms with Gasteiger partial charge in [-0.2, -0.15) is 8.42 Å². The first-order valence-electron chi connectivity index (χ1n) is 15.6. The molecule has 5 aliphatic rings. The molecule has 9 heteroatoms. The van der Waals surface area contributed by atoms with Crippen molar-refractivity contribution in [2.45, 2.75) is 97.2 Å². The number of rotatable bonds is 7. The summed E-state index contributed by atoms with van der Waals surface area (Å²) in [5, 5.41) is 22.1. The van der Waals surface area contributed by atoms with Gasteiger partial charge in [-0.15, -0.1) is 0 Å². The SMILES string of the molecule is C[C@H](CCC(=O)N1CCN(CCS(=O)(=O)O)CC1)[C@H]1CC[C@H]2[C@@H]3CC[C@@H]4C[C@H](O)CC[C@]4(C)[C@H]3C[C@H](O)[C@]12C. The maximum absolute atomic E-state index is 13.1. The molecule has 0 aromatic carbocycles. The van der Waals surface area contributed by atoms with Crippen molar-refractivity contribution in [3.63, 3.8) is 0 Å². The molecule has 8 nitrogen and oxygen atoms in total. The van der Waals surface area contributed by atoms with Gasteiger partial charge in [-0.1, -0.05) is 20.8 Å². The van der Waals surface area contributed by atoms with Gasteiger partial charge < -0.3 is 15.1 Å². The van der Waals surface area contributed by atoms with Gasteiger partial charge in [0, 0.05) is 39.1 Å². The Labute approximate surface area is 235 Å². The molecule has 1 aliphatic heterocycles. The Bertz CT molecular complexity index is 999. The second-order valence-corrected chi connectivity index (χ2v) is 16.0. The third kappa shape index (κ3) is 5.69. The molecule has 224 valence electrons. The van der Waals surface area contributed by atoms with Crippen LogP contribution in [0.5, 0.6) is 0 Å². The summed E-state index contributed by atoms with van der Waals surface area (Å²) in [7, 11) is -3.96. The summed E-state index contributed by atoms with van der Waals surface area (Å²) in [6, 6.07) is 0. The Kier molecular flexibility index (Phi) is 8.51. The quantitative estimate of drug-likeness (QED) is 0.403. The molecule has 0 bridgehead atoms. The van der Waals surface area contributed by atoms with E-state index < -0.39 is 10.1 Å². The van der Waals surface area contributed by atoms with Crippen LogP contribution in [0.4, 0.5) is 0 Å². The molecule has 3 N–H and O–H groups in total. The number of hydrogen-bond donors (Lipinski definition) is 3. The Balaban J connectivity index is 1.16. The number of nitrogens with zero attached hydrogens (tertiary/aromatic N) is 2. The van der Waals surface area contributed by atoms with Gasteiger partial charge in [0.05, 0.1) is 18.0 Å². The van der Waals surface area contributed by atoms with Crippen LogP contribution in [-0.2, 0) is 14.9 Å². The number of carbonyl (C=O) groups excluding carboxylic acids is 1. The number of fused-ring (bicyclic) bond motifs is 5. The third-order valence-corrected chi connectivity index (χ3v) is 13.4. The molecule has 4 aliphatic carbocycles. The second-order valence-electron chi connectivity index (χ2n) is 14.4. The molecule has 1 saturated heterocycles. The van der Waals surface area contributed by atoms with Crippen molar-refractivity contribution < 1.29 is 28.0 Å². The molecule has 10 atom stereocenters. The minimum atomic E-state index is -3.96. The highest BCUT2D eigenvalue weighted by molar-refractivity contribution is 7.85. The van der Waals surface area contributed by atoms with E-state index in [0.29, 0.717) is 74.7 Å². The maximum Gasteiger partial charge on any atom is 0.266 e.